The SMILES string of the molecule is CCOC(=O)[C@H](N)Cc1cncn1C. The van der Waals surface area contributed by atoms with Crippen molar-refractivity contribution in [2.75, 3.05) is 6.61 Å². The van der Waals surface area contributed by atoms with Crippen LogP contribution in [0.1, 0.15) is 12.6 Å². The molecule has 14 heavy (non-hydrogen) atoms. The van der Waals surface area contributed by atoms with E-state index in [-0.39, 0.29) is 5.97 Å². The first kappa shape index (κ1) is 10.7. The number of hydrogen-bond acceptors (Lipinski definition) is 4. The van der Waals surface area contributed by atoms with Gasteiger partial charge in [0.25, 0.3) is 0 Å². The Kier molecular flexibility index (Phi) is 3.64. The lowest BCUT2D eigenvalue weighted by atomic mass is 10.2. The molecule has 0 saturated carbocycles. The molecule has 78 valence electrons. The summed E-state index contributed by atoms with van der Waals surface area (Å²) in [7, 11) is 1.86. The molecule has 0 radical (unpaired) electrons. The van der Waals surface area contributed by atoms with Crippen molar-refractivity contribution in [2.45, 2.75) is 19.4 Å². The maximum Gasteiger partial charge on any atom is 0.323 e. The molecule has 0 fully saturated rings. The number of esters is 1. The second-order valence-corrected chi connectivity index (χ2v) is 3.06. The van der Waals surface area contributed by atoms with Gasteiger partial charge in [-0.1, -0.05) is 0 Å². The quantitative estimate of drug-likeness (QED) is 0.682. The van der Waals surface area contributed by atoms with Crippen molar-refractivity contribution in [3.63, 3.8) is 0 Å². The van der Waals surface area contributed by atoms with Gasteiger partial charge in [-0.3, -0.25) is 4.79 Å². The third-order valence-electron chi connectivity index (χ3n) is 1.93. The van der Waals surface area contributed by atoms with E-state index in [1.165, 1.54) is 0 Å². The summed E-state index contributed by atoms with van der Waals surface area (Å²) in [5, 5.41) is 0. The lowest BCUT2D eigenvalue weighted by Crippen LogP contribution is -2.34. The molecule has 5 nitrogen and oxygen atoms in total. The molecule has 1 aromatic rings. The summed E-state index contributed by atoms with van der Waals surface area (Å²) in [5.41, 5.74) is 6.57. The summed E-state index contributed by atoms with van der Waals surface area (Å²) in [6.07, 6.45) is 3.82. The standard InChI is InChI=1S/C9H15N3O2/c1-3-14-9(13)8(10)4-7-5-11-6-12(7)2/h5-6,8H,3-4,10H2,1-2H3/t8-/m1/s1. The van der Waals surface area contributed by atoms with Gasteiger partial charge in [0.05, 0.1) is 12.9 Å². The van der Waals surface area contributed by atoms with Gasteiger partial charge in [-0.2, -0.15) is 0 Å². The van der Waals surface area contributed by atoms with Crippen molar-refractivity contribution in [3.8, 4) is 0 Å². The van der Waals surface area contributed by atoms with Crippen molar-refractivity contribution in [1.82, 2.24) is 9.55 Å². The molecule has 5 heteroatoms. The largest absolute Gasteiger partial charge is 0.465 e. The fourth-order valence-corrected chi connectivity index (χ4v) is 1.14. The smallest absolute Gasteiger partial charge is 0.323 e. The Bertz CT molecular complexity index is 309. The molecule has 0 aliphatic rings. The van der Waals surface area contributed by atoms with Gasteiger partial charge in [0.15, 0.2) is 0 Å². The molecular formula is C9H15N3O2. The molecule has 0 aliphatic carbocycles. The Hall–Kier alpha value is -1.36. The van der Waals surface area contributed by atoms with Crippen LogP contribution in [0, 0.1) is 0 Å². The van der Waals surface area contributed by atoms with Gasteiger partial charge in [0.2, 0.25) is 0 Å². The van der Waals surface area contributed by atoms with Gasteiger partial charge in [-0.05, 0) is 6.92 Å². The van der Waals surface area contributed by atoms with Crippen LogP contribution in [-0.2, 0) is 23.0 Å². The molecule has 0 bridgehead atoms. The van der Waals surface area contributed by atoms with Crippen LogP contribution in [0.25, 0.3) is 0 Å². The molecule has 0 amide bonds. The number of nitrogens with zero attached hydrogens (tertiary/aromatic N) is 2. The molecule has 0 unspecified atom stereocenters. The summed E-state index contributed by atoms with van der Waals surface area (Å²) in [4.78, 5) is 15.1. The van der Waals surface area contributed by atoms with Crippen molar-refractivity contribution in [2.24, 2.45) is 12.8 Å². The highest BCUT2D eigenvalue weighted by Crippen LogP contribution is 2.01. The maximum absolute atomic E-state index is 11.2. The molecule has 1 heterocycles. The number of carbonyl (C=O) groups excluding carboxylic acids is 1. The minimum absolute atomic E-state index is 0.359. The highest BCUT2D eigenvalue weighted by atomic mass is 16.5. The monoisotopic (exact) mass is 197 g/mol. The third-order valence-corrected chi connectivity index (χ3v) is 1.93. The Morgan fingerprint density at radius 2 is 2.50 bits per heavy atom. The number of rotatable bonds is 4. The zero-order valence-electron chi connectivity index (χ0n) is 8.43. The van der Waals surface area contributed by atoms with E-state index in [1.807, 2.05) is 11.6 Å². The second-order valence-electron chi connectivity index (χ2n) is 3.06. The van der Waals surface area contributed by atoms with Gasteiger partial charge in [-0.25, -0.2) is 4.98 Å². The first-order chi connectivity index (χ1) is 6.65. The second kappa shape index (κ2) is 4.76. The van der Waals surface area contributed by atoms with Crippen LogP contribution in [0.15, 0.2) is 12.5 Å². The molecule has 0 spiro atoms. The molecule has 0 aliphatic heterocycles. The van der Waals surface area contributed by atoms with Crippen LogP contribution in [-0.4, -0.2) is 28.2 Å². The van der Waals surface area contributed by atoms with Crippen molar-refractivity contribution in [3.05, 3.63) is 18.2 Å². The van der Waals surface area contributed by atoms with E-state index in [1.54, 1.807) is 19.4 Å². The molecule has 1 atom stereocenters. The zero-order valence-corrected chi connectivity index (χ0v) is 8.43. The Morgan fingerprint density at radius 1 is 1.79 bits per heavy atom. The number of nitrogens with two attached hydrogens (primary N) is 1. The highest BCUT2D eigenvalue weighted by molar-refractivity contribution is 5.75. The topological polar surface area (TPSA) is 70.1 Å². The van der Waals surface area contributed by atoms with E-state index >= 15 is 0 Å². The maximum atomic E-state index is 11.2. The summed E-state index contributed by atoms with van der Waals surface area (Å²) >= 11 is 0. The van der Waals surface area contributed by atoms with Gasteiger partial charge >= 0.3 is 5.97 Å². The fourth-order valence-electron chi connectivity index (χ4n) is 1.14. The predicted octanol–water partition coefficient (Wildman–Crippen LogP) is -0.147. The van der Waals surface area contributed by atoms with E-state index in [4.69, 9.17) is 10.5 Å². The predicted molar refractivity (Wildman–Crippen MR) is 51.5 cm³/mol. The average Bonchev–Trinajstić information content (AvgIpc) is 2.52. The minimum atomic E-state index is -0.606. The summed E-state index contributed by atoms with van der Waals surface area (Å²) in [5.74, 6) is -0.367. The van der Waals surface area contributed by atoms with E-state index in [0.717, 1.165) is 5.69 Å². The Labute approximate surface area is 82.9 Å². The minimum Gasteiger partial charge on any atom is -0.465 e. The Balaban J connectivity index is 2.52. The third kappa shape index (κ3) is 2.56. The Morgan fingerprint density at radius 3 is 3.00 bits per heavy atom. The van der Waals surface area contributed by atoms with E-state index in [0.29, 0.717) is 13.0 Å². The number of ether oxygens (including phenoxy) is 1. The number of imidazole rings is 1. The number of carbonyl (C=O) groups is 1. The molecular weight excluding hydrogens is 182 g/mol. The summed E-state index contributed by atoms with van der Waals surface area (Å²) in [6, 6.07) is -0.606. The van der Waals surface area contributed by atoms with Crippen molar-refractivity contribution >= 4 is 5.97 Å². The molecule has 2 N–H and O–H groups in total. The number of aryl methyl sites for hydroxylation is 1. The van der Waals surface area contributed by atoms with Crippen molar-refractivity contribution < 1.29 is 9.53 Å². The van der Waals surface area contributed by atoms with Crippen LogP contribution in [0.2, 0.25) is 0 Å². The summed E-state index contributed by atoms with van der Waals surface area (Å²) in [6.45, 7) is 2.12. The first-order valence-corrected chi connectivity index (χ1v) is 4.52. The zero-order chi connectivity index (χ0) is 10.6. The van der Waals surface area contributed by atoms with Crippen LogP contribution >= 0.6 is 0 Å². The van der Waals surface area contributed by atoms with E-state index < -0.39 is 6.04 Å². The first-order valence-electron chi connectivity index (χ1n) is 4.52. The fraction of sp³-hybridized carbons (Fsp3) is 0.556. The van der Waals surface area contributed by atoms with Gasteiger partial charge in [0, 0.05) is 25.4 Å². The number of aromatic nitrogens is 2. The van der Waals surface area contributed by atoms with Gasteiger partial charge < -0.3 is 15.0 Å². The lowest BCUT2D eigenvalue weighted by Gasteiger charge is -2.10. The lowest BCUT2D eigenvalue weighted by molar-refractivity contribution is -0.144. The molecule has 0 saturated heterocycles. The highest BCUT2D eigenvalue weighted by Gasteiger charge is 2.16. The van der Waals surface area contributed by atoms with Crippen LogP contribution in [0.4, 0.5) is 0 Å². The van der Waals surface area contributed by atoms with E-state index in [2.05, 4.69) is 4.98 Å². The van der Waals surface area contributed by atoms with Gasteiger partial charge in [0.1, 0.15) is 6.04 Å². The summed E-state index contributed by atoms with van der Waals surface area (Å²) < 4.78 is 6.63. The van der Waals surface area contributed by atoms with Crippen LogP contribution in [0.3, 0.4) is 0 Å². The number of hydrogen-bond donors (Lipinski definition) is 1. The molecule has 1 rings (SSSR count). The van der Waals surface area contributed by atoms with Crippen molar-refractivity contribution in [1.29, 1.82) is 0 Å². The van der Waals surface area contributed by atoms with Crippen LogP contribution < -0.4 is 5.73 Å². The average molecular weight is 197 g/mol. The normalized spacial score (nSPS) is 12.5. The molecule has 1 aromatic heterocycles. The van der Waals surface area contributed by atoms with E-state index in [9.17, 15) is 4.79 Å². The van der Waals surface area contributed by atoms with Gasteiger partial charge in [-0.15, -0.1) is 0 Å². The van der Waals surface area contributed by atoms with Crippen LogP contribution in [0.5, 0.6) is 0 Å². The molecule has 0 aromatic carbocycles.